The van der Waals surface area contributed by atoms with Crippen molar-refractivity contribution in [2.24, 2.45) is 0 Å². The van der Waals surface area contributed by atoms with E-state index < -0.39 is 5.97 Å². The van der Waals surface area contributed by atoms with Crippen LogP contribution in [0.1, 0.15) is 12.5 Å². The predicted molar refractivity (Wildman–Crippen MR) is 75.4 cm³/mol. The normalized spacial score (nSPS) is 9.83. The van der Waals surface area contributed by atoms with E-state index in [-0.39, 0.29) is 11.8 Å². The van der Waals surface area contributed by atoms with Gasteiger partial charge in [0.15, 0.2) is 0 Å². The van der Waals surface area contributed by atoms with Crippen molar-refractivity contribution >= 4 is 32.8 Å². The monoisotopic (exact) mass is 285 g/mol. The minimum absolute atomic E-state index is 0.0778. The number of rotatable bonds is 6. The Balaban J connectivity index is 2.12. The van der Waals surface area contributed by atoms with E-state index in [1.165, 1.54) is 10.8 Å². The largest absolute Gasteiger partial charge is 0.465 e. The number of esters is 1. The van der Waals surface area contributed by atoms with Crippen molar-refractivity contribution in [2.75, 3.05) is 13.2 Å². The van der Waals surface area contributed by atoms with Gasteiger partial charge in [-0.2, -0.15) is 0 Å². The number of benzene rings is 1. The summed E-state index contributed by atoms with van der Waals surface area (Å²) in [4.78, 5) is 22.4. The molecule has 0 atom stereocenters. The maximum atomic E-state index is 11.4. The summed E-state index contributed by atoms with van der Waals surface area (Å²) in [7, 11) is 2.52. The van der Waals surface area contributed by atoms with E-state index in [4.69, 9.17) is 4.74 Å². The lowest BCUT2D eigenvalue weighted by Crippen LogP contribution is -2.27. The molecule has 0 saturated heterocycles. The molecule has 0 saturated carbocycles. The van der Waals surface area contributed by atoms with E-state index in [0.717, 1.165) is 22.1 Å². The molecule has 1 N–H and O–H groups in total. The van der Waals surface area contributed by atoms with Crippen molar-refractivity contribution in [1.29, 1.82) is 0 Å². The second kappa shape index (κ2) is 8.88. The van der Waals surface area contributed by atoms with Crippen LogP contribution in [0.15, 0.2) is 30.3 Å². The van der Waals surface area contributed by atoms with Crippen molar-refractivity contribution in [1.82, 2.24) is 5.32 Å². The minimum atomic E-state index is -0.417. The molecule has 1 aromatic rings. The van der Waals surface area contributed by atoms with Crippen LogP contribution in [0.25, 0.3) is 0 Å². The van der Waals surface area contributed by atoms with Crippen LogP contribution in [-0.4, -0.2) is 24.4 Å². The Kier molecular flexibility index (Phi) is 7.36. The van der Waals surface area contributed by atoms with Crippen molar-refractivity contribution in [3.8, 4) is 0 Å². The standard InChI is InChI=1S/C12H15NO3S2/c1-2-16-11(14)8-13-12(15)18-17-9-10-6-4-3-5-7-10/h3-7H,2,8-9H2,1H3,(H,13,15). The van der Waals surface area contributed by atoms with Crippen molar-refractivity contribution in [3.05, 3.63) is 35.9 Å². The Morgan fingerprint density at radius 1 is 1.28 bits per heavy atom. The first-order valence-corrected chi connectivity index (χ1v) is 7.81. The van der Waals surface area contributed by atoms with Crippen molar-refractivity contribution in [2.45, 2.75) is 12.7 Å². The second-order valence-corrected chi connectivity index (χ2v) is 5.55. The van der Waals surface area contributed by atoms with E-state index in [9.17, 15) is 9.59 Å². The highest BCUT2D eigenvalue weighted by atomic mass is 33.1. The van der Waals surface area contributed by atoms with Crippen LogP contribution in [0.3, 0.4) is 0 Å². The van der Waals surface area contributed by atoms with Gasteiger partial charge in [0.05, 0.1) is 6.61 Å². The fourth-order valence-electron chi connectivity index (χ4n) is 1.11. The number of hydrogen-bond donors (Lipinski definition) is 1. The smallest absolute Gasteiger partial charge is 0.325 e. The van der Waals surface area contributed by atoms with Crippen molar-refractivity contribution < 1.29 is 14.3 Å². The third kappa shape index (κ3) is 6.56. The average molecular weight is 285 g/mol. The Morgan fingerprint density at radius 2 is 2.00 bits per heavy atom. The number of nitrogens with one attached hydrogen (secondary N) is 1. The molecule has 0 aliphatic carbocycles. The molecule has 6 heteroatoms. The van der Waals surface area contributed by atoms with Gasteiger partial charge >= 0.3 is 5.97 Å². The molecule has 98 valence electrons. The molecule has 0 fully saturated rings. The van der Waals surface area contributed by atoms with E-state index in [1.54, 1.807) is 6.92 Å². The molecule has 1 amide bonds. The van der Waals surface area contributed by atoms with Crippen LogP contribution < -0.4 is 5.32 Å². The Bertz CT molecular complexity index is 384. The Morgan fingerprint density at radius 3 is 2.67 bits per heavy atom. The summed E-state index contributed by atoms with van der Waals surface area (Å²) in [6.07, 6.45) is 0. The first-order chi connectivity index (χ1) is 8.72. The summed E-state index contributed by atoms with van der Waals surface area (Å²) in [5.41, 5.74) is 1.16. The molecule has 4 nitrogen and oxygen atoms in total. The van der Waals surface area contributed by atoms with Crippen LogP contribution in [0.4, 0.5) is 4.79 Å². The molecule has 0 aliphatic heterocycles. The lowest BCUT2D eigenvalue weighted by atomic mass is 10.2. The summed E-state index contributed by atoms with van der Waals surface area (Å²) in [5, 5.41) is 2.25. The van der Waals surface area contributed by atoms with Gasteiger partial charge in [-0.3, -0.25) is 9.59 Å². The molecule has 0 aromatic heterocycles. The molecule has 1 aromatic carbocycles. The zero-order valence-corrected chi connectivity index (χ0v) is 11.7. The summed E-state index contributed by atoms with van der Waals surface area (Å²) >= 11 is 0. The molecule has 18 heavy (non-hydrogen) atoms. The Hall–Kier alpha value is -1.14. The number of hydrogen-bond acceptors (Lipinski definition) is 5. The van der Waals surface area contributed by atoms with Gasteiger partial charge in [-0.1, -0.05) is 41.1 Å². The summed E-state index contributed by atoms with van der Waals surface area (Å²) in [5.74, 6) is 0.331. The van der Waals surface area contributed by atoms with Gasteiger partial charge in [-0.15, -0.1) is 0 Å². The van der Waals surface area contributed by atoms with Gasteiger partial charge in [-0.05, 0) is 12.5 Å². The number of amides is 1. The first kappa shape index (κ1) is 14.9. The predicted octanol–water partition coefficient (Wildman–Crippen LogP) is 2.84. The zero-order valence-electron chi connectivity index (χ0n) is 10.0. The van der Waals surface area contributed by atoms with Crippen LogP contribution in [-0.2, 0) is 15.3 Å². The molecule has 0 bridgehead atoms. The maximum absolute atomic E-state index is 11.4. The molecular formula is C12H15NO3S2. The highest BCUT2D eigenvalue weighted by molar-refractivity contribution is 8.81. The quantitative estimate of drug-likeness (QED) is 0.643. The van der Waals surface area contributed by atoms with Crippen LogP contribution in [0.2, 0.25) is 0 Å². The highest BCUT2D eigenvalue weighted by Gasteiger charge is 2.06. The molecule has 0 radical (unpaired) electrons. The lowest BCUT2D eigenvalue weighted by Gasteiger charge is -2.04. The molecule has 0 heterocycles. The van der Waals surface area contributed by atoms with E-state index >= 15 is 0 Å². The minimum Gasteiger partial charge on any atom is -0.465 e. The summed E-state index contributed by atoms with van der Waals surface area (Å²) in [6, 6.07) is 9.88. The van der Waals surface area contributed by atoms with Crippen molar-refractivity contribution in [3.63, 3.8) is 0 Å². The van der Waals surface area contributed by atoms with E-state index in [1.807, 2.05) is 30.3 Å². The van der Waals surface area contributed by atoms with Gasteiger partial charge in [0.2, 0.25) is 0 Å². The van der Waals surface area contributed by atoms with Gasteiger partial charge in [0, 0.05) is 16.5 Å². The third-order valence-corrected chi connectivity index (χ3v) is 3.91. The Labute approximate surface area is 114 Å². The summed E-state index contributed by atoms with van der Waals surface area (Å²) in [6.45, 7) is 1.97. The molecule has 0 spiro atoms. The average Bonchev–Trinajstić information content (AvgIpc) is 2.38. The number of carbonyl (C=O) groups is 2. The molecular weight excluding hydrogens is 270 g/mol. The fourth-order valence-corrected chi connectivity index (χ4v) is 2.82. The SMILES string of the molecule is CCOC(=O)CNC(=O)SSCc1ccccc1. The number of ether oxygens (including phenoxy) is 1. The van der Waals surface area contributed by atoms with E-state index in [0.29, 0.717) is 6.61 Å². The van der Waals surface area contributed by atoms with Gasteiger partial charge in [0.25, 0.3) is 5.24 Å². The summed E-state index contributed by atoms with van der Waals surface area (Å²) < 4.78 is 4.70. The van der Waals surface area contributed by atoms with E-state index in [2.05, 4.69) is 5.32 Å². The number of carbonyl (C=O) groups excluding carboxylic acids is 2. The molecule has 0 unspecified atom stereocenters. The fraction of sp³-hybridized carbons (Fsp3) is 0.333. The van der Waals surface area contributed by atoms with Crippen LogP contribution in [0, 0.1) is 0 Å². The zero-order chi connectivity index (χ0) is 13.2. The third-order valence-electron chi connectivity index (χ3n) is 1.89. The highest BCUT2D eigenvalue weighted by Crippen LogP contribution is 2.26. The maximum Gasteiger partial charge on any atom is 0.325 e. The first-order valence-electron chi connectivity index (χ1n) is 5.49. The topological polar surface area (TPSA) is 55.4 Å². The molecule has 0 aliphatic rings. The lowest BCUT2D eigenvalue weighted by molar-refractivity contribution is -0.141. The van der Waals surface area contributed by atoms with Gasteiger partial charge in [-0.25, -0.2) is 0 Å². The second-order valence-electron chi connectivity index (χ2n) is 3.28. The van der Waals surface area contributed by atoms with Gasteiger partial charge < -0.3 is 10.1 Å². The van der Waals surface area contributed by atoms with Gasteiger partial charge in [0.1, 0.15) is 6.54 Å². The van der Waals surface area contributed by atoms with Crippen LogP contribution >= 0.6 is 21.6 Å². The van der Waals surface area contributed by atoms with Crippen LogP contribution in [0.5, 0.6) is 0 Å². The molecule has 1 rings (SSSR count).